The lowest BCUT2D eigenvalue weighted by Crippen LogP contribution is -2.14. The molecule has 0 saturated carbocycles. The summed E-state index contributed by atoms with van der Waals surface area (Å²) in [7, 11) is 0. The SMILES string of the molecule is O=C(CSCc1ccccc1)Nc1nc2c(C(F)(F)F)cccc2s1. The highest BCUT2D eigenvalue weighted by atomic mass is 32.2. The Morgan fingerprint density at radius 2 is 1.88 bits per heavy atom. The Kier molecular flexibility index (Phi) is 5.29. The van der Waals surface area contributed by atoms with Crippen molar-refractivity contribution in [1.82, 2.24) is 4.98 Å². The second-order valence-electron chi connectivity index (χ2n) is 5.20. The van der Waals surface area contributed by atoms with Crippen LogP contribution in [0.4, 0.5) is 18.3 Å². The van der Waals surface area contributed by atoms with Crippen LogP contribution in [-0.2, 0) is 16.7 Å². The summed E-state index contributed by atoms with van der Waals surface area (Å²) in [5, 5.41) is 2.75. The van der Waals surface area contributed by atoms with Gasteiger partial charge in [0.1, 0.15) is 0 Å². The fraction of sp³-hybridized carbons (Fsp3) is 0.176. The number of carbonyl (C=O) groups excluding carboxylic acids is 1. The number of aromatic nitrogens is 1. The van der Waals surface area contributed by atoms with Crippen LogP contribution >= 0.6 is 23.1 Å². The Morgan fingerprint density at radius 3 is 2.60 bits per heavy atom. The predicted octanol–water partition coefficient (Wildman–Crippen LogP) is 5.19. The molecule has 25 heavy (non-hydrogen) atoms. The van der Waals surface area contributed by atoms with Gasteiger partial charge in [-0.25, -0.2) is 4.98 Å². The van der Waals surface area contributed by atoms with E-state index in [4.69, 9.17) is 0 Å². The number of hydrogen-bond donors (Lipinski definition) is 1. The van der Waals surface area contributed by atoms with Crippen LogP contribution in [-0.4, -0.2) is 16.6 Å². The molecule has 1 heterocycles. The number of halogens is 3. The van der Waals surface area contributed by atoms with Crippen LogP contribution < -0.4 is 5.32 Å². The van der Waals surface area contributed by atoms with Gasteiger partial charge in [0.2, 0.25) is 5.91 Å². The average Bonchev–Trinajstić information content (AvgIpc) is 2.96. The maximum atomic E-state index is 13.0. The van der Waals surface area contributed by atoms with Crippen molar-refractivity contribution < 1.29 is 18.0 Å². The lowest BCUT2D eigenvalue weighted by Gasteiger charge is -2.06. The number of anilines is 1. The van der Waals surface area contributed by atoms with Crippen LogP contribution in [0.1, 0.15) is 11.1 Å². The quantitative estimate of drug-likeness (QED) is 0.661. The van der Waals surface area contributed by atoms with Gasteiger partial charge in [-0.1, -0.05) is 47.7 Å². The number of nitrogens with zero attached hydrogens (tertiary/aromatic N) is 1. The van der Waals surface area contributed by atoms with Crippen molar-refractivity contribution in [3.63, 3.8) is 0 Å². The van der Waals surface area contributed by atoms with Crippen molar-refractivity contribution in [3.8, 4) is 0 Å². The van der Waals surface area contributed by atoms with Gasteiger partial charge in [-0.05, 0) is 17.7 Å². The van der Waals surface area contributed by atoms with Crippen LogP contribution in [0.15, 0.2) is 48.5 Å². The Morgan fingerprint density at radius 1 is 1.12 bits per heavy atom. The minimum absolute atomic E-state index is 0.132. The third kappa shape index (κ3) is 4.52. The second kappa shape index (κ2) is 7.45. The van der Waals surface area contributed by atoms with Gasteiger partial charge in [-0.3, -0.25) is 4.79 Å². The predicted molar refractivity (Wildman–Crippen MR) is 95.9 cm³/mol. The Hall–Kier alpha value is -2.06. The van der Waals surface area contributed by atoms with Crippen molar-refractivity contribution in [3.05, 3.63) is 59.7 Å². The van der Waals surface area contributed by atoms with Crippen molar-refractivity contribution in [1.29, 1.82) is 0 Å². The zero-order chi connectivity index (χ0) is 17.9. The smallest absolute Gasteiger partial charge is 0.301 e. The van der Waals surface area contributed by atoms with Crippen molar-refractivity contribution in [2.24, 2.45) is 0 Å². The molecule has 0 aliphatic carbocycles. The number of hydrogen-bond acceptors (Lipinski definition) is 4. The number of para-hydroxylation sites is 1. The van der Waals surface area contributed by atoms with Gasteiger partial charge in [0.25, 0.3) is 0 Å². The van der Waals surface area contributed by atoms with Gasteiger partial charge < -0.3 is 5.32 Å². The number of benzene rings is 2. The topological polar surface area (TPSA) is 42.0 Å². The molecule has 3 aromatic rings. The molecule has 8 heteroatoms. The molecule has 2 aromatic carbocycles. The molecule has 0 saturated heterocycles. The van der Waals surface area contributed by atoms with E-state index < -0.39 is 11.7 Å². The molecule has 3 rings (SSSR count). The molecule has 1 N–H and O–H groups in total. The van der Waals surface area contributed by atoms with Gasteiger partial charge in [0.05, 0.1) is 21.5 Å². The zero-order valence-electron chi connectivity index (χ0n) is 12.8. The first-order valence-electron chi connectivity index (χ1n) is 7.32. The van der Waals surface area contributed by atoms with Crippen LogP contribution in [0.2, 0.25) is 0 Å². The number of rotatable bonds is 5. The molecule has 1 amide bonds. The van der Waals surface area contributed by atoms with Gasteiger partial charge >= 0.3 is 6.18 Å². The summed E-state index contributed by atoms with van der Waals surface area (Å²) >= 11 is 2.47. The van der Waals surface area contributed by atoms with E-state index in [-0.39, 0.29) is 22.3 Å². The standard InChI is InChI=1S/C17H13F3N2OS2/c18-17(19,20)12-7-4-8-13-15(12)22-16(25-13)21-14(23)10-24-9-11-5-2-1-3-6-11/h1-8H,9-10H2,(H,21,22,23). The third-order valence-corrected chi connectivity index (χ3v) is 5.26. The summed E-state index contributed by atoms with van der Waals surface area (Å²) in [6, 6.07) is 13.6. The van der Waals surface area contributed by atoms with Crippen LogP contribution in [0.5, 0.6) is 0 Å². The molecule has 0 bridgehead atoms. The number of amides is 1. The number of nitrogens with one attached hydrogen (secondary N) is 1. The number of thiazole rings is 1. The van der Waals surface area contributed by atoms with Gasteiger partial charge in [0.15, 0.2) is 5.13 Å². The Labute approximate surface area is 150 Å². The normalized spacial score (nSPS) is 11.6. The minimum atomic E-state index is -4.47. The highest BCUT2D eigenvalue weighted by Gasteiger charge is 2.33. The van der Waals surface area contributed by atoms with Crippen LogP contribution in [0, 0.1) is 0 Å². The van der Waals surface area contributed by atoms with E-state index in [1.54, 1.807) is 6.07 Å². The van der Waals surface area contributed by atoms with E-state index in [0.29, 0.717) is 10.5 Å². The number of carbonyl (C=O) groups is 1. The highest BCUT2D eigenvalue weighted by molar-refractivity contribution is 7.99. The molecule has 0 aliphatic rings. The van der Waals surface area contributed by atoms with E-state index in [1.165, 1.54) is 17.8 Å². The fourth-order valence-corrected chi connectivity index (χ4v) is 3.92. The summed E-state index contributed by atoms with van der Waals surface area (Å²) in [5.41, 5.74) is 0.183. The molecule has 0 fully saturated rings. The van der Waals surface area contributed by atoms with Gasteiger partial charge in [-0.15, -0.1) is 11.8 Å². The fourth-order valence-electron chi connectivity index (χ4n) is 2.22. The molecule has 130 valence electrons. The highest BCUT2D eigenvalue weighted by Crippen LogP contribution is 2.37. The molecule has 0 atom stereocenters. The minimum Gasteiger partial charge on any atom is -0.301 e. The van der Waals surface area contributed by atoms with E-state index in [1.807, 2.05) is 30.3 Å². The largest absolute Gasteiger partial charge is 0.418 e. The van der Waals surface area contributed by atoms with E-state index in [2.05, 4.69) is 10.3 Å². The summed E-state index contributed by atoms with van der Waals surface area (Å²) < 4.78 is 39.4. The molecular formula is C17H13F3N2OS2. The molecule has 0 spiro atoms. The molecule has 3 nitrogen and oxygen atoms in total. The Bertz CT molecular complexity index is 878. The second-order valence-corrected chi connectivity index (χ2v) is 7.21. The molecular weight excluding hydrogens is 369 g/mol. The van der Waals surface area contributed by atoms with Crippen molar-refractivity contribution >= 4 is 44.4 Å². The van der Waals surface area contributed by atoms with Gasteiger partial charge in [-0.2, -0.15) is 13.2 Å². The first kappa shape index (κ1) is 17.8. The summed E-state index contributed by atoms with van der Waals surface area (Å²) in [4.78, 5) is 15.9. The maximum Gasteiger partial charge on any atom is 0.418 e. The van der Waals surface area contributed by atoms with E-state index in [9.17, 15) is 18.0 Å². The number of fused-ring (bicyclic) bond motifs is 1. The van der Waals surface area contributed by atoms with E-state index in [0.717, 1.165) is 23.0 Å². The average molecular weight is 382 g/mol. The molecule has 0 unspecified atom stereocenters. The molecule has 0 radical (unpaired) electrons. The summed E-state index contributed by atoms with van der Waals surface area (Å²) in [6.07, 6.45) is -4.47. The maximum absolute atomic E-state index is 13.0. The Balaban J connectivity index is 1.63. The first-order chi connectivity index (χ1) is 11.9. The zero-order valence-corrected chi connectivity index (χ0v) is 14.5. The lowest BCUT2D eigenvalue weighted by atomic mass is 10.2. The van der Waals surface area contributed by atoms with Crippen LogP contribution in [0.3, 0.4) is 0 Å². The third-order valence-electron chi connectivity index (χ3n) is 3.32. The van der Waals surface area contributed by atoms with Crippen molar-refractivity contribution in [2.45, 2.75) is 11.9 Å². The molecule has 1 aromatic heterocycles. The first-order valence-corrected chi connectivity index (χ1v) is 9.29. The summed E-state index contributed by atoms with van der Waals surface area (Å²) in [6.45, 7) is 0. The lowest BCUT2D eigenvalue weighted by molar-refractivity contribution is -0.136. The van der Waals surface area contributed by atoms with Gasteiger partial charge in [0, 0.05) is 5.75 Å². The van der Waals surface area contributed by atoms with Crippen molar-refractivity contribution in [2.75, 3.05) is 11.1 Å². The van der Waals surface area contributed by atoms with E-state index >= 15 is 0 Å². The molecule has 0 aliphatic heterocycles. The van der Waals surface area contributed by atoms with Crippen LogP contribution in [0.25, 0.3) is 10.2 Å². The number of thioether (sulfide) groups is 1. The monoisotopic (exact) mass is 382 g/mol. The number of alkyl halides is 3. The summed E-state index contributed by atoms with van der Waals surface area (Å²) in [5.74, 6) is 0.608.